The van der Waals surface area contributed by atoms with Gasteiger partial charge in [0.25, 0.3) is 0 Å². The van der Waals surface area contributed by atoms with Gasteiger partial charge in [0.05, 0.1) is 24.0 Å². The lowest BCUT2D eigenvalue weighted by molar-refractivity contribution is -0.0655. The van der Waals surface area contributed by atoms with E-state index in [0.29, 0.717) is 11.6 Å². The predicted octanol–water partition coefficient (Wildman–Crippen LogP) is 4.33. The third-order valence-corrected chi connectivity index (χ3v) is 7.03. The molecule has 0 bridgehead atoms. The number of morpholine rings is 1. The lowest BCUT2D eigenvalue weighted by Gasteiger charge is -2.44. The van der Waals surface area contributed by atoms with Gasteiger partial charge in [0.2, 0.25) is 10.0 Å². The molecule has 0 amide bonds. The summed E-state index contributed by atoms with van der Waals surface area (Å²) in [6.07, 6.45) is -0.326. The fraction of sp³-hybridized carbons (Fsp3) is 0.400. The van der Waals surface area contributed by atoms with Crippen LogP contribution in [0, 0.1) is 6.92 Å². The maximum Gasteiger partial charge on any atom is 0.218 e. The molecule has 1 fully saturated rings. The molecule has 0 spiro atoms. The van der Waals surface area contributed by atoms with Crippen molar-refractivity contribution in [3.63, 3.8) is 0 Å². The Labute approximate surface area is 160 Å². The van der Waals surface area contributed by atoms with Crippen LogP contribution in [0.1, 0.15) is 36.6 Å². The fourth-order valence-electron chi connectivity index (χ4n) is 3.27. The number of halogens is 1. The maximum atomic E-state index is 13.2. The average molecular weight is 394 g/mol. The molecule has 140 valence electrons. The molecule has 3 rings (SSSR count). The van der Waals surface area contributed by atoms with Crippen molar-refractivity contribution in [2.24, 2.45) is 0 Å². The highest BCUT2D eigenvalue weighted by Crippen LogP contribution is 2.34. The third kappa shape index (κ3) is 4.12. The van der Waals surface area contributed by atoms with Gasteiger partial charge in [-0.15, -0.1) is 0 Å². The fourth-order valence-corrected chi connectivity index (χ4v) is 5.51. The zero-order valence-electron chi connectivity index (χ0n) is 15.3. The van der Waals surface area contributed by atoms with Crippen LogP contribution in [-0.2, 0) is 20.5 Å². The van der Waals surface area contributed by atoms with Crippen LogP contribution in [0.4, 0.5) is 0 Å². The van der Waals surface area contributed by atoms with Gasteiger partial charge in [0, 0.05) is 11.6 Å². The number of rotatable bonds is 4. The highest BCUT2D eigenvalue weighted by atomic mass is 35.5. The van der Waals surface area contributed by atoms with Crippen molar-refractivity contribution < 1.29 is 13.2 Å². The van der Waals surface area contributed by atoms with Crippen molar-refractivity contribution in [3.05, 3.63) is 70.2 Å². The van der Waals surface area contributed by atoms with Gasteiger partial charge in [0.1, 0.15) is 0 Å². The van der Waals surface area contributed by atoms with Crippen molar-refractivity contribution in [1.29, 1.82) is 0 Å². The number of sulfonamides is 1. The van der Waals surface area contributed by atoms with E-state index in [2.05, 4.69) is 0 Å². The zero-order valence-corrected chi connectivity index (χ0v) is 16.8. The standard InChI is InChI=1S/C20H24ClNO3S/c1-15-7-4-5-8-17(15)13-26(23,24)22-12-19(25-14-20(22,2)3)16-9-6-10-18(21)11-16/h4-11,19H,12-14H2,1-3H3. The van der Waals surface area contributed by atoms with Crippen molar-refractivity contribution >= 4 is 21.6 Å². The van der Waals surface area contributed by atoms with Crippen LogP contribution in [0.2, 0.25) is 5.02 Å². The zero-order chi connectivity index (χ0) is 18.9. The van der Waals surface area contributed by atoms with Gasteiger partial charge in [-0.1, -0.05) is 48.0 Å². The normalized spacial score (nSPS) is 20.8. The summed E-state index contributed by atoms with van der Waals surface area (Å²) >= 11 is 6.08. The van der Waals surface area contributed by atoms with Gasteiger partial charge in [-0.25, -0.2) is 8.42 Å². The summed E-state index contributed by atoms with van der Waals surface area (Å²) in [5.74, 6) is -0.00856. The number of nitrogens with zero attached hydrogens (tertiary/aromatic N) is 1. The van der Waals surface area contributed by atoms with Crippen molar-refractivity contribution in [1.82, 2.24) is 4.31 Å². The van der Waals surface area contributed by atoms with Crippen LogP contribution >= 0.6 is 11.6 Å². The summed E-state index contributed by atoms with van der Waals surface area (Å²) in [5.41, 5.74) is 2.10. The van der Waals surface area contributed by atoms with Gasteiger partial charge >= 0.3 is 0 Å². The minimum Gasteiger partial charge on any atom is -0.370 e. The van der Waals surface area contributed by atoms with E-state index in [4.69, 9.17) is 16.3 Å². The van der Waals surface area contributed by atoms with Crippen molar-refractivity contribution in [2.45, 2.75) is 38.2 Å². The molecule has 0 aromatic heterocycles. The first-order valence-corrected chi connectivity index (χ1v) is 10.6. The Hall–Kier alpha value is -1.40. The monoisotopic (exact) mass is 393 g/mol. The van der Waals surface area contributed by atoms with E-state index in [-0.39, 0.29) is 18.4 Å². The van der Waals surface area contributed by atoms with E-state index in [9.17, 15) is 8.42 Å². The molecule has 0 aliphatic carbocycles. The maximum absolute atomic E-state index is 13.2. The Morgan fingerprint density at radius 1 is 1.19 bits per heavy atom. The van der Waals surface area contributed by atoms with E-state index >= 15 is 0 Å². The minimum absolute atomic E-state index is 0.00856. The molecule has 0 saturated carbocycles. The molecular weight excluding hydrogens is 370 g/mol. The number of hydrogen-bond donors (Lipinski definition) is 0. The van der Waals surface area contributed by atoms with E-state index in [1.807, 2.05) is 63.2 Å². The van der Waals surface area contributed by atoms with Gasteiger partial charge in [-0.3, -0.25) is 0 Å². The van der Waals surface area contributed by atoms with Crippen LogP contribution in [0.3, 0.4) is 0 Å². The summed E-state index contributed by atoms with van der Waals surface area (Å²) in [7, 11) is -3.50. The molecule has 6 heteroatoms. The van der Waals surface area contributed by atoms with Crippen LogP contribution in [-0.4, -0.2) is 31.4 Å². The van der Waals surface area contributed by atoms with Crippen molar-refractivity contribution in [2.75, 3.05) is 13.2 Å². The highest BCUT2D eigenvalue weighted by molar-refractivity contribution is 7.88. The second-order valence-corrected chi connectivity index (χ2v) is 9.71. The first-order valence-electron chi connectivity index (χ1n) is 8.61. The summed E-state index contributed by atoms with van der Waals surface area (Å²) < 4.78 is 34.0. The quantitative estimate of drug-likeness (QED) is 0.776. The highest BCUT2D eigenvalue weighted by Gasteiger charge is 2.42. The van der Waals surface area contributed by atoms with E-state index in [1.54, 1.807) is 10.4 Å². The summed E-state index contributed by atoms with van der Waals surface area (Å²) in [5, 5.41) is 0.616. The molecule has 1 heterocycles. The van der Waals surface area contributed by atoms with Gasteiger partial charge in [-0.2, -0.15) is 4.31 Å². The van der Waals surface area contributed by atoms with E-state index in [0.717, 1.165) is 16.7 Å². The number of hydrogen-bond acceptors (Lipinski definition) is 3. The Morgan fingerprint density at radius 3 is 2.62 bits per heavy atom. The van der Waals surface area contributed by atoms with Crippen LogP contribution in [0.25, 0.3) is 0 Å². The van der Waals surface area contributed by atoms with Gasteiger partial charge in [0.15, 0.2) is 0 Å². The van der Waals surface area contributed by atoms with E-state index in [1.165, 1.54) is 0 Å². The van der Waals surface area contributed by atoms with Gasteiger partial charge < -0.3 is 4.74 Å². The van der Waals surface area contributed by atoms with Gasteiger partial charge in [-0.05, 0) is 49.6 Å². The molecule has 4 nitrogen and oxygen atoms in total. The Bertz CT molecular complexity index is 895. The second-order valence-electron chi connectivity index (χ2n) is 7.38. The topological polar surface area (TPSA) is 46.6 Å². The van der Waals surface area contributed by atoms with Crippen molar-refractivity contribution in [3.8, 4) is 0 Å². The predicted molar refractivity (Wildman–Crippen MR) is 105 cm³/mol. The van der Waals surface area contributed by atoms with Crippen LogP contribution < -0.4 is 0 Å². The smallest absolute Gasteiger partial charge is 0.218 e. The molecule has 1 saturated heterocycles. The third-order valence-electron chi connectivity index (χ3n) is 4.80. The molecule has 1 atom stereocenters. The lowest BCUT2D eigenvalue weighted by Crippen LogP contribution is -2.56. The molecule has 2 aromatic rings. The summed E-state index contributed by atoms with van der Waals surface area (Å²) in [6.45, 7) is 6.34. The molecule has 2 aromatic carbocycles. The van der Waals surface area contributed by atoms with E-state index < -0.39 is 15.6 Å². The number of benzene rings is 2. The Balaban J connectivity index is 1.88. The molecule has 26 heavy (non-hydrogen) atoms. The molecule has 1 aliphatic heterocycles. The SMILES string of the molecule is Cc1ccccc1CS(=O)(=O)N1CC(c2cccc(Cl)c2)OCC1(C)C. The van der Waals surface area contributed by atoms with Crippen LogP contribution in [0.5, 0.6) is 0 Å². The minimum atomic E-state index is -3.50. The lowest BCUT2D eigenvalue weighted by atomic mass is 10.0. The first-order chi connectivity index (χ1) is 12.2. The number of aryl methyl sites for hydroxylation is 1. The van der Waals surface area contributed by atoms with Crippen LogP contribution in [0.15, 0.2) is 48.5 Å². The number of ether oxygens (including phenoxy) is 1. The largest absolute Gasteiger partial charge is 0.370 e. The molecule has 1 aliphatic rings. The molecule has 1 unspecified atom stereocenters. The summed E-state index contributed by atoms with van der Waals surface area (Å²) in [4.78, 5) is 0. The second kappa shape index (κ2) is 7.31. The first kappa shape index (κ1) is 19.4. The average Bonchev–Trinajstić information content (AvgIpc) is 2.56. The Morgan fingerprint density at radius 2 is 1.92 bits per heavy atom. The summed E-state index contributed by atoms with van der Waals surface area (Å²) in [6, 6.07) is 15.0. The molecular formula is C20H24ClNO3S. The molecule has 0 radical (unpaired) electrons. The molecule has 0 N–H and O–H groups in total. The Kier molecular flexibility index (Phi) is 5.45.